The van der Waals surface area contributed by atoms with E-state index in [0.29, 0.717) is 5.56 Å². The molecule has 130 valence electrons. The van der Waals surface area contributed by atoms with Gasteiger partial charge in [-0.25, -0.2) is 4.79 Å². The van der Waals surface area contributed by atoms with Gasteiger partial charge in [-0.1, -0.05) is 48.5 Å². The molecule has 3 nitrogen and oxygen atoms in total. The van der Waals surface area contributed by atoms with Gasteiger partial charge >= 0.3 is 5.97 Å². The summed E-state index contributed by atoms with van der Waals surface area (Å²) in [6, 6.07) is 23.7. The van der Waals surface area contributed by atoms with Crippen LogP contribution in [-0.4, -0.2) is 18.2 Å². The average molecular weight is 344 g/mol. The first-order chi connectivity index (χ1) is 12.6. The molecule has 4 rings (SSSR count). The minimum absolute atomic E-state index is 0.202. The second kappa shape index (κ2) is 6.34. The summed E-state index contributed by atoms with van der Waals surface area (Å²) in [5.74, 6) is -0.0645. The van der Waals surface area contributed by atoms with Gasteiger partial charge in [0.05, 0.1) is 12.7 Å². The number of esters is 1. The third-order valence-electron chi connectivity index (χ3n) is 5.38. The summed E-state index contributed by atoms with van der Waals surface area (Å²) >= 11 is 0. The third kappa shape index (κ3) is 2.66. The Bertz CT molecular complexity index is 915. The van der Waals surface area contributed by atoms with E-state index < -0.39 is 0 Å². The topological polar surface area (TPSA) is 46.5 Å². The summed E-state index contributed by atoms with van der Waals surface area (Å²) in [7, 11) is 1.39. The van der Waals surface area contributed by atoms with E-state index in [4.69, 9.17) is 4.74 Å². The highest BCUT2D eigenvalue weighted by Crippen LogP contribution is 2.45. The Kier molecular flexibility index (Phi) is 4.00. The van der Waals surface area contributed by atoms with Gasteiger partial charge in [0.25, 0.3) is 0 Å². The summed E-state index contributed by atoms with van der Waals surface area (Å²) < 4.78 is 4.81. The fourth-order valence-electron chi connectivity index (χ4n) is 4.01. The van der Waals surface area contributed by atoms with Gasteiger partial charge in [0.2, 0.25) is 0 Å². The lowest BCUT2D eigenvalue weighted by Gasteiger charge is -2.31. The number of aromatic hydroxyl groups is 1. The van der Waals surface area contributed by atoms with Crippen molar-refractivity contribution in [3.8, 4) is 5.75 Å². The Labute approximate surface area is 152 Å². The van der Waals surface area contributed by atoms with Gasteiger partial charge in [0.1, 0.15) is 5.75 Å². The standard InChI is InChI=1S/C23H20O3/c1-26-22(25)16-6-8-19(9-7-16)23(20-10-12-21(24)13-11-20)14-17-4-2-3-5-18(17)15-23/h2-13,24H,14-15H2,1H3. The molecule has 0 radical (unpaired) electrons. The Morgan fingerprint density at radius 2 is 1.35 bits per heavy atom. The zero-order valence-corrected chi connectivity index (χ0v) is 14.6. The lowest BCUT2D eigenvalue weighted by atomic mass is 9.72. The molecule has 3 heteroatoms. The fraction of sp³-hybridized carbons (Fsp3) is 0.174. The number of methoxy groups -OCH3 is 1. The minimum Gasteiger partial charge on any atom is -0.508 e. The monoisotopic (exact) mass is 344 g/mol. The van der Waals surface area contributed by atoms with Crippen molar-refractivity contribution in [1.82, 2.24) is 0 Å². The predicted molar refractivity (Wildman–Crippen MR) is 101 cm³/mol. The molecule has 0 saturated heterocycles. The van der Waals surface area contributed by atoms with Crippen LogP contribution in [0.5, 0.6) is 5.75 Å². The molecule has 0 amide bonds. The Hall–Kier alpha value is -3.07. The molecule has 0 fully saturated rings. The van der Waals surface area contributed by atoms with Gasteiger partial charge in [0, 0.05) is 5.41 Å². The van der Waals surface area contributed by atoms with E-state index in [1.54, 1.807) is 12.1 Å². The van der Waals surface area contributed by atoms with Crippen molar-refractivity contribution in [2.45, 2.75) is 18.3 Å². The zero-order valence-electron chi connectivity index (χ0n) is 14.6. The normalized spacial score (nSPS) is 14.7. The SMILES string of the molecule is COC(=O)c1ccc(C2(c3ccc(O)cc3)Cc3ccccc3C2)cc1. The van der Waals surface area contributed by atoms with Crippen molar-refractivity contribution >= 4 is 5.97 Å². The first-order valence-corrected chi connectivity index (χ1v) is 8.67. The molecular formula is C23H20O3. The lowest BCUT2D eigenvalue weighted by molar-refractivity contribution is 0.0600. The van der Waals surface area contributed by atoms with Gasteiger partial charge in [-0.05, 0) is 59.4 Å². The van der Waals surface area contributed by atoms with E-state index in [0.717, 1.165) is 24.0 Å². The van der Waals surface area contributed by atoms with Crippen LogP contribution in [0.1, 0.15) is 32.6 Å². The second-order valence-corrected chi connectivity index (χ2v) is 6.82. The van der Waals surface area contributed by atoms with Gasteiger partial charge in [-0.3, -0.25) is 0 Å². The Morgan fingerprint density at radius 1 is 0.846 bits per heavy atom. The number of rotatable bonds is 3. The number of hydrogen-bond donors (Lipinski definition) is 1. The van der Waals surface area contributed by atoms with Gasteiger partial charge < -0.3 is 9.84 Å². The summed E-state index contributed by atoms with van der Waals surface area (Å²) in [5, 5.41) is 9.70. The zero-order chi connectivity index (χ0) is 18.1. The number of benzene rings is 3. The Morgan fingerprint density at radius 3 is 1.85 bits per heavy atom. The third-order valence-corrected chi connectivity index (χ3v) is 5.38. The highest BCUT2D eigenvalue weighted by Gasteiger charge is 2.40. The number of carbonyl (C=O) groups is 1. The summed E-state index contributed by atoms with van der Waals surface area (Å²) in [6.07, 6.45) is 1.79. The van der Waals surface area contributed by atoms with Crippen LogP contribution in [0.15, 0.2) is 72.8 Å². The molecule has 0 spiro atoms. The predicted octanol–water partition coefficient (Wildman–Crippen LogP) is 4.26. The highest BCUT2D eigenvalue weighted by atomic mass is 16.5. The summed E-state index contributed by atoms with van der Waals surface area (Å²) in [5.41, 5.74) is 5.36. The molecular weight excluding hydrogens is 324 g/mol. The fourth-order valence-corrected chi connectivity index (χ4v) is 4.01. The quantitative estimate of drug-likeness (QED) is 0.722. The molecule has 0 bridgehead atoms. The molecule has 1 aliphatic rings. The van der Waals surface area contributed by atoms with Crippen LogP contribution in [-0.2, 0) is 23.0 Å². The maximum Gasteiger partial charge on any atom is 0.337 e. The first kappa shape index (κ1) is 16.4. The number of fused-ring (bicyclic) bond motifs is 1. The number of phenolic OH excluding ortho intramolecular Hbond substituents is 1. The van der Waals surface area contributed by atoms with Crippen LogP contribution >= 0.6 is 0 Å². The van der Waals surface area contributed by atoms with Crippen molar-refractivity contribution < 1.29 is 14.6 Å². The molecule has 1 N–H and O–H groups in total. The average Bonchev–Trinajstić information content (AvgIpc) is 3.08. The van der Waals surface area contributed by atoms with E-state index in [-0.39, 0.29) is 17.1 Å². The van der Waals surface area contributed by atoms with Crippen LogP contribution in [0.4, 0.5) is 0 Å². The lowest BCUT2D eigenvalue weighted by Crippen LogP contribution is -2.28. The molecule has 3 aromatic rings. The van der Waals surface area contributed by atoms with Crippen molar-refractivity contribution in [1.29, 1.82) is 0 Å². The van der Waals surface area contributed by atoms with Gasteiger partial charge in [-0.2, -0.15) is 0 Å². The molecule has 0 aromatic heterocycles. The van der Waals surface area contributed by atoms with Crippen molar-refractivity contribution in [3.05, 3.63) is 101 Å². The maximum absolute atomic E-state index is 11.8. The minimum atomic E-state index is -0.329. The Balaban J connectivity index is 1.82. The van der Waals surface area contributed by atoms with Crippen LogP contribution in [0.2, 0.25) is 0 Å². The molecule has 26 heavy (non-hydrogen) atoms. The number of hydrogen-bond acceptors (Lipinski definition) is 3. The molecule has 0 atom stereocenters. The van der Waals surface area contributed by atoms with Crippen LogP contribution in [0, 0.1) is 0 Å². The van der Waals surface area contributed by atoms with Crippen molar-refractivity contribution in [2.75, 3.05) is 7.11 Å². The smallest absolute Gasteiger partial charge is 0.337 e. The maximum atomic E-state index is 11.8. The molecule has 0 saturated carbocycles. The van der Waals surface area contributed by atoms with Crippen LogP contribution in [0.25, 0.3) is 0 Å². The first-order valence-electron chi connectivity index (χ1n) is 8.67. The highest BCUT2D eigenvalue weighted by molar-refractivity contribution is 5.89. The largest absolute Gasteiger partial charge is 0.508 e. The van der Waals surface area contributed by atoms with Gasteiger partial charge in [-0.15, -0.1) is 0 Å². The number of phenols is 1. The van der Waals surface area contributed by atoms with Crippen LogP contribution in [0.3, 0.4) is 0 Å². The van der Waals surface area contributed by atoms with E-state index in [1.165, 1.54) is 18.2 Å². The van der Waals surface area contributed by atoms with Crippen molar-refractivity contribution in [3.63, 3.8) is 0 Å². The van der Waals surface area contributed by atoms with Crippen LogP contribution < -0.4 is 0 Å². The molecule has 3 aromatic carbocycles. The van der Waals surface area contributed by atoms with E-state index >= 15 is 0 Å². The molecule has 0 aliphatic heterocycles. The van der Waals surface area contributed by atoms with E-state index in [9.17, 15) is 9.90 Å². The second-order valence-electron chi connectivity index (χ2n) is 6.82. The molecule has 0 unspecified atom stereocenters. The molecule has 1 aliphatic carbocycles. The molecule has 0 heterocycles. The van der Waals surface area contributed by atoms with E-state index in [2.05, 4.69) is 24.3 Å². The number of carbonyl (C=O) groups excluding carboxylic acids is 1. The van der Waals surface area contributed by atoms with Crippen molar-refractivity contribution in [2.24, 2.45) is 0 Å². The number of ether oxygens (including phenoxy) is 1. The summed E-state index contributed by atoms with van der Waals surface area (Å²) in [6.45, 7) is 0. The van der Waals surface area contributed by atoms with E-state index in [1.807, 2.05) is 36.4 Å². The summed E-state index contributed by atoms with van der Waals surface area (Å²) in [4.78, 5) is 11.8. The van der Waals surface area contributed by atoms with Gasteiger partial charge in [0.15, 0.2) is 0 Å².